The normalized spacial score (nSPS) is 10.3. The molecule has 0 saturated heterocycles. The molecule has 0 saturated carbocycles. The number of pyridine rings is 1. The molecule has 1 heterocycles. The van der Waals surface area contributed by atoms with Crippen LogP contribution < -0.4 is 5.56 Å². The highest BCUT2D eigenvalue weighted by Crippen LogP contribution is 2.12. The zero-order chi connectivity index (χ0) is 13.2. The van der Waals surface area contributed by atoms with Crippen LogP contribution in [0.5, 0.6) is 0 Å². The van der Waals surface area contributed by atoms with Crippen molar-refractivity contribution in [2.75, 3.05) is 0 Å². The van der Waals surface area contributed by atoms with Crippen LogP contribution in [0.4, 0.5) is 5.69 Å². The van der Waals surface area contributed by atoms with E-state index in [0.29, 0.717) is 0 Å². The lowest BCUT2D eigenvalue weighted by Crippen LogP contribution is -2.32. The van der Waals surface area contributed by atoms with Crippen molar-refractivity contribution in [1.29, 1.82) is 0 Å². The molecule has 0 aliphatic heterocycles. The second-order valence-corrected chi connectivity index (χ2v) is 3.51. The molecule has 1 rings (SSSR count). The molecule has 0 bridgehead atoms. The van der Waals surface area contributed by atoms with Gasteiger partial charge >= 0.3 is 0 Å². The Kier molecular flexibility index (Phi) is 3.52. The molecule has 0 amide bonds. The Hall–Kier alpha value is -2.31. The maximum Gasteiger partial charge on any atom is 0.285 e. The number of rotatable bonds is 4. The number of aromatic nitrogens is 1. The van der Waals surface area contributed by atoms with Gasteiger partial charge in [0.2, 0.25) is 0 Å². The molecule has 0 atom stereocenters. The number of carbonyl (C=O) groups is 2. The highest BCUT2D eigenvalue weighted by Gasteiger charge is 2.24. The number of Topliss-reactive ketones (excluding diaryl/α,β-unsaturated/α-hetero) is 2. The van der Waals surface area contributed by atoms with Crippen LogP contribution in [-0.4, -0.2) is 21.1 Å². The summed E-state index contributed by atoms with van der Waals surface area (Å²) in [6.07, 6.45) is 0.899. The predicted molar refractivity (Wildman–Crippen MR) is 57.8 cm³/mol. The molecule has 0 N–H and O–H groups in total. The number of nitrogens with zero attached hydrogens (tertiary/aromatic N) is 2. The number of hydrogen-bond acceptors (Lipinski definition) is 5. The monoisotopic (exact) mass is 238 g/mol. The minimum absolute atomic E-state index is 0.350. The molecule has 1 aromatic rings. The standard InChI is InChI=1S/C10H10N2O5/c1-6(13)10(7(2)14)11-5-8(12(16)17)3-4-9(11)15/h3-5,10H,1-2H3. The van der Waals surface area contributed by atoms with E-state index in [0.717, 1.165) is 36.7 Å². The Morgan fingerprint density at radius 2 is 1.82 bits per heavy atom. The van der Waals surface area contributed by atoms with E-state index in [1.165, 1.54) is 0 Å². The van der Waals surface area contributed by atoms with E-state index >= 15 is 0 Å². The third kappa shape index (κ3) is 2.63. The molecule has 0 aliphatic rings. The quantitative estimate of drug-likeness (QED) is 0.431. The van der Waals surface area contributed by atoms with Gasteiger partial charge in [-0.25, -0.2) is 0 Å². The molecular formula is C10H10N2O5. The third-order valence-corrected chi connectivity index (χ3v) is 2.18. The van der Waals surface area contributed by atoms with Crippen LogP contribution in [0.2, 0.25) is 0 Å². The molecule has 0 radical (unpaired) electrons. The number of nitro groups is 1. The van der Waals surface area contributed by atoms with Gasteiger partial charge in [-0.2, -0.15) is 0 Å². The fourth-order valence-corrected chi connectivity index (χ4v) is 1.48. The summed E-state index contributed by atoms with van der Waals surface area (Å²) in [7, 11) is 0. The summed E-state index contributed by atoms with van der Waals surface area (Å²) < 4.78 is 0.781. The van der Waals surface area contributed by atoms with Crippen LogP contribution in [0.1, 0.15) is 19.9 Å². The summed E-state index contributed by atoms with van der Waals surface area (Å²) in [5.41, 5.74) is -0.983. The molecule has 0 spiro atoms. The average Bonchev–Trinajstić information content (AvgIpc) is 2.19. The van der Waals surface area contributed by atoms with E-state index < -0.39 is 28.1 Å². The van der Waals surface area contributed by atoms with E-state index in [1.54, 1.807) is 0 Å². The highest BCUT2D eigenvalue weighted by atomic mass is 16.6. The van der Waals surface area contributed by atoms with Crippen molar-refractivity contribution in [2.45, 2.75) is 19.9 Å². The fraction of sp³-hybridized carbons (Fsp3) is 0.300. The van der Waals surface area contributed by atoms with E-state index in [2.05, 4.69) is 0 Å². The van der Waals surface area contributed by atoms with Crippen molar-refractivity contribution in [3.8, 4) is 0 Å². The van der Waals surface area contributed by atoms with Crippen LogP contribution >= 0.6 is 0 Å². The summed E-state index contributed by atoms with van der Waals surface area (Å²) in [5, 5.41) is 10.5. The topological polar surface area (TPSA) is 99.3 Å². The molecule has 17 heavy (non-hydrogen) atoms. The Morgan fingerprint density at radius 1 is 1.29 bits per heavy atom. The lowest BCUT2D eigenvalue weighted by atomic mass is 10.1. The van der Waals surface area contributed by atoms with Gasteiger partial charge in [0.1, 0.15) is 0 Å². The van der Waals surface area contributed by atoms with Crippen molar-refractivity contribution >= 4 is 17.3 Å². The van der Waals surface area contributed by atoms with E-state index in [9.17, 15) is 24.5 Å². The smallest absolute Gasteiger partial charge is 0.285 e. The predicted octanol–water partition coefficient (Wildman–Crippen LogP) is 0.476. The van der Waals surface area contributed by atoms with E-state index in [-0.39, 0.29) is 5.69 Å². The number of carbonyl (C=O) groups excluding carboxylic acids is 2. The Labute approximate surface area is 95.8 Å². The van der Waals surface area contributed by atoms with Gasteiger partial charge in [-0.15, -0.1) is 0 Å². The molecular weight excluding hydrogens is 228 g/mol. The fourth-order valence-electron chi connectivity index (χ4n) is 1.48. The Morgan fingerprint density at radius 3 is 2.24 bits per heavy atom. The molecule has 7 nitrogen and oxygen atoms in total. The molecule has 90 valence electrons. The third-order valence-electron chi connectivity index (χ3n) is 2.18. The van der Waals surface area contributed by atoms with Crippen molar-refractivity contribution < 1.29 is 14.5 Å². The van der Waals surface area contributed by atoms with Crippen LogP contribution in [-0.2, 0) is 9.59 Å². The van der Waals surface area contributed by atoms with Crippen molar-refractivity contribution in [1.82, 2.24) is 4.57 Å². The molecule has 0 unspecified atom stereocenters. The van der Waals surface area contributed by atoms with Gasteiger partial charge < -0.3 is 0 Å². The summed E-state index contributed by atoms with van der Waals surface area (Å²) in [5.74, 6) is -1.08. The Balaban J connectivity index is 3.42. The van der Waals surface area contributed by atoms with Crippen molar-refractivity contribution in [3.05, 3.63) is 38.8 Å². The number of ketones is 2. The lowest BCUT2D eigenvalue weighted by Gasteiger charge is -2.12. The number of hydrogen-bond donors (Lipinski definition) is 0. The molecule has 0 aromatic carbocycles. The first-order chi connectivity index (χ1) is 7.84. The van der Waals surface area contributed by atoms with E-state index in [1.807, 2.05) is 0 Å². The molecule has 0 fully saturated rings. The van der Waals surface area contributed by atoms with Gasteiger partial charge in [0, 0.05) is 12.1 Å². The summed E-state index contributed by atoms with van der Waals surface area (Å²) in [6.45, 7) is 2.30. The van der Waals surface area contributed by atoms with Crippen LogP contribution in [0.15, 0.2) is 23.1 Å². The molecule has 7 heteroatoms. The van der Waals surface area contributed by atoms with E-state index in [4.69, 9.17) is 0 Å². The minimum atomic E-state index is -1.30. The molecule has 0 aliphatic carbocycles. The molecule has 1 aromatic heterocycles. The van der Waals surface area contributed by atoms with Gasteiger partial charge in [0.15, 0.2) is 17.6 Å². The Bertz CT molecular complexity index is 532. The van der Waals surface area contributed by atoms with Crippen molar-refractivity contribution in [3.63, 3.8) is 0 Å². The van der Waals surface area contributed by atoms with Crippen LogP contribution in [0, 0.1) is 10.1 Å². The van der Waals surface area contributed by atoms with Crippen LogP contribution in [0.3, 0.4) is 0 Å². The van der Waals surface area contributed by atoms with Gasteiger partial charge in [-0.1, -0.05) is 0 Å². The largest absolute Gasteiger partial charge is 0.297 e. The maximum atomic E-state index is 11.5. The summed E-state index contributed by atoms with van der Waals surface area (Å²) >= 11 is 0. The summed E-state index contributed by atoms with van der Waals surface area (Å²) in [6, 6.07) is 0.676. The highest BCUT2D eigenvalue weighted by molar-refractivity contribution is 6.02. The second-order valence-electron chi connectivity index (χ2n) is 3.51. The van der Waals surface area contributed by atoms with Gasteiger partial charge in [0.05, 0.1) is 11.1 Å². The van der Waals surface area contributed by atoms with Gasteiger partial charge in [0.25, 0.3) is 11.2 Å². The minimum Gasteiger partial charge on any atom is -0.297 e. The zero-order valence-electron chi connectivity index (χ0n) is 9.25. The lowest BCUT2D eigenvalue weighted by molar-refractivity contribution is -0.385. The van der Waals surface area contributed by atoms with Crippen LogP contribution in [0.25, 0.3) is 0 Å². The second kappa shape index (κ2) is 4.69. The first-order valence-electron chi connectivity index (χ1n) is 4.72. The summed E-state index contributed by atoms with van der Waals surface area (Å²) in [4.78, 5) is 43.9. The zero-order valence-corrected chi connectivity index (χ0v) is 9.25. The maximum absolute atomic E-state index is 11.5. The van der Waals surface area contributed by atoms with Crippen molar-refractivity contribution in [2.24, 2.45) is 0 Å². The average molecular weight is 238 g/mol. The SMILES string of the molecule is CC(=O)C(C(C)=O)n1cc([N+](=O)[O-])ccc1=O. The van der Waals surface area contributed by atoms with Gasteiger partial charge in [-0.3, -0.25) is 29.1 Å². The first-order valence-corrected chi connectivity index (χ1v) is 4.72. The van der Waals surface area contributed by atoms with Gasteiger partial charge in [-0.05, 0) is 13.8 Å². The first kappa shape index (κ1) is 12.8.